The van der Waals surface area contributed by atoms with E-state index in [2.05, 4.69) is 78.2 Å². The Kier molecular flexibility index (Phi) is 9.81. The lowest BCUT2D eigenvalue weighted by atomic mass is 9.91. The second kappa shape index (κ2) is 13.7. The van der Waals surface area contributed by atoms with E-state index >= 15 is 0 Å². The lowest BCUT2D eigenvalue weighted by Crippen LogP contribution is -2.51. The molecule has 4 aliphatic rings. The van der Waals surface area contributed by atoms with E-state index in [4.69, 9.17) is 0 Å². The van der Waals surface area contributed by atoms with Crippen molar-refractivity contribution in [2.75, 3.05) is 69.6 Å². The quantitative estimate of drug-likeness (QED) is 0.412. The summed E-state index contributed by atoms with van der Waals surface area (Å²) in [4.78, 5) is 52.1. The minimum absolute atomic E-state index is 0.0308. The number of nitrogens with zero attached hydrogens (tertiary/aromatic N) is 5. The number of amides is 4. The molecule has 0 radical (unpaired) electrons. The van der Waals surface area contributed by atoms with E-state index in [-0.39, 0.29) is 41.1 Å². The Bertz CT molecular complexity index is 1460. The van der Waals surface area contributed by atoms with E-state index in [1.807, 2.05) is 34.9 Å². The molecule has 2 aromatic rings. The van der Waals surface area contributed by atoms with Crippen molar-refractivity contribution in [1.29, 1.82) is 0 Å². The van der Waals surface area contributed by atoms with Gasteiger partial charge in [0.2, 0.25) is 11.8 Å². The summed E-state index contributed by atoms with van der Waals surface area (Å²) in [7, 11) is 2.17. The van der Waals surface area contributed by atoms with Crippen LogP contribution < -0.4 is 10.2 Å². The van der Waals surface area contributed by atoms with Crippen molar-refractivity contribution < 1.29 is 14.4 Å². The number of thioether (sulfide) groups is 1. The normalized spacial score (nSPS) is 24.7. The molecule has 3 fully saturated rings. The van der Waals surface area contributed by atoms with Gasteiger partial charge in [-0.25, -0.2) is 4.79 Å². The van der Waals surface area contributed by atoms with Gasteiger partial charge < -0.3 is 29.8 Å². The Morgan fingerprint density at radius 3 is 2.34 bits per heavy atom. The Balaban J connectivity index is 1.14. The van der Waals surface area contributed by atoms with Gasteiger partial charge in [0, 0.05) is 75.3 Å². The molecule has 2 atom stereocenters. The first-order valence-electron chi connectivity index (χ1n) is 17.4. The molecule has 1 N–H and O–H groups in total. The molecular weight excluding hydrogens is 609 g/mol. The van der Waals surface area contributed by atoms with Crippen LogP contribution in [0.5, 0.6) is 0 Å². The van der Waals surface area contributed by atoms with Crippen molar-refractivity contribution in [2.24, 2.45) is 5.41 Å². The fourth-order valence-electron chi connectivity index (χ4n) is 7.39. The minimum Gasteiger partial charge on any atom is -0.369 e. The molecule has 0 aromatic heterocycles. The second-order valence-electron chi connectivity index (χ2n) is 15.2. The van der Waals surface area contributed by atoms with Gasteiger partial charge in [-0.2, -0.15) is 0 Å². The number of carbonyl (C=O) groups is 3. The molecule has 2 aromatic carbocycles. The van der Waals surface area contributed by atoms with Crippen molar-refractivity contribution in [3.8, 4) is 0 Å². The molecular formula is C37H52N6O3S. The van der Waals surface area contributed by atoms with Crippen molar-refractivity contribution in [2.45, 2.75) is 76.0 Å². The topological polar surface area (TPSA) is 79.4 Å². The number of para-hydroxylation sites is 2. The number of piperazine rings is 1. The third-order valence-electron chi connectivity index (χ3n) is 10.4. The summed E-state index contributed by atoms with van der Waals surface area (Å²) in [6.45, 7) is 15.1. The molecule has 0 aliphatic carbocycles. The average Bonchev–Trinajstić information content (AvgIpc) is 3.17. The highest BCUT2D eigenvalue weighted by Gasteiger charge is 2.52. The average molecular weight is 661 g/mol. The van der Waals surface area contributed by atoms with Crippen LogP contribution in [0.4, 0.5) is 16.2 Å². The SMILES string of the molecule is CN1CCN(c2ccccc2[C@@H]2S[C@](C)(CC(=O)N3CCC(N4CCc5ccccc5NC4=O)CC3)C(=O)N2CCC(C)(C)C)CC1. The first kappa shape index (κ1) is 33.7. The van der Waals surface area contributed by atoms with E-state index in [0.29, 0.717) is 26.2 Å². The molecule has 4 heterocycles. The van der Waals surface area contributed by atoms with Crippen LogP contribution in [0.15, 0.2) is 48.5 Å². The van der Waals surface area contributed by atoms with Crippen LogP contribution in [0.2, 0.25) is 0 Å². The Labute approximate surface area is 285 Å². The van der Waals surface area contributed by atoms with Crippen LogP contribution in [-0.4, -0.2) is 108 Å². The van der Waals surface area contributed by atoms with Gasteiger partial charge in [0.25, 0.3) is 0 Å². The van der Waals surface area contributed by atoms with Crippen molar-refractivity contribution in [3.05, 3.63) is 59.7 Å². The maximum Gasteiger partial charge on any atom is 0.322 e. The fraction of sp³-hybridized carbons (Fsp3) is 0.595. The predicted molar refractivity (Wildman–Crippen MR) is 191 cm³/mol. The molecule has 0 spiro atoms. The number of likely N-dealkylation sites (tertiary alicyclic amines) is 1. The van der Waals surface area contributed by atoms with Gasteiger partial charge in [-0.05, 0) is 62.8 Å². The summed E-state index contributed by atoms with van der Waals surface area (Å²) in [5, 5.41) is 2.94. The number of hydrogen-bond acceptors (Lipinski definition) is 6. The monoisotopic (exact) mass is 660 g/mol. The molecule has 0 saturated carbocycles. The number of carbonyl (C=O) groups excluding carboxylic acids is 3. The summed E-state index contributed by atoms with van der Waals surface area (Å²) >= 11 is 1.65. The number of fused-ring (bicyclic) bond motifs is 1. The van der Waals surface area contributed by atoms with E-state index in [0.717, 1.165) is 63.1 Å². The molecule has 3 saturated heterocycles. The number of urea groups is 1. The van der Waals surface area contributed by atoms with Crippen LogP contribution in [0, 0.1) is 5.41 Å². The molecule has 254 valence electrons. The van der Waals surface area contributed by atoms with Gasteiger partial charge in [0.05, 0.1) is 6.42 Å². The van der Waals surface area contributed by atoms with Crippen molar-refractivity contribution in [3.63, 3.8) is 0 Å². The largest absolute Gasteiger partial charge is 0.369 e. The third-order valence-corrected chi connectivity index (χ3v) is 12.0. The van der Waals surface area contributed by atoms with Crippen LogP contribution in [0.3, 0.4) is 0 Å². The first-order chi connectivity index (χ1) is 22.4. The molecule has 10 heteroatoms. The molecule has 6 rings (SSSR count). The fourth-order valence-corrected chi connectivity index (χ4v) is 8.96. The number of rotatable bonds is 7. The van der Waals surface area contributed by atoms with Gasteiger partial charge in [-0.1, -0.05) is 57.2 Å². The summed E-state index contributed by atoms with van der Waals surface area (Å²) in [5.74, 6) is 0.0947. The maximum atomic E-state index is 14.4. The van der Waals surface area contributed by atoms with E-state index < -0.39 is 4.75 Å². The lowest BCUT2D eigenvalue weighted by molar-refractivity contribution is -0.139. The smallest absolute Gasteiger partial charge is 0.322 e. The van der Waals surface area contributed by atoms with Crippen LogP contribution in [-0.2, 0) is 16.0 Å². The zero-order chi connectivity index (χ0) is 33.3. The van der Waals surface area contributed by atoms with E-state index in [1.165, 1.54) is 11.3 Å². The van der Waals surface area contributed by atoms with Crippen molar-refractivity contribution in [1.82, 2.24) is 19.6 Å². The number of anilines is 2. The molecule has 47 heavy (non-hydrogen) atoms. The van der Waals surface area contributed by atoms with Crippen LogP contribution in [0.25, 0.3) is 0 Å². The lowest BCUT2D eigenvalue weighted by Gasteiger charge is -2.38. The number of nitrogens with one attached hydrogen (secondary N) is 1. The summed E-state index contributed by atoms with van der Waals surface area (Å²) in [6, 6.07) is 16.6. The maximum absolute atomic E-state index is 14.4. The standard InChI is InChI=1S/C37H52N6O3S/c1-36(2,3)17-21-43-33(29-11-7-9-13-31(29)40-24-22-39(5)23-25-40)47-37(4,34(43)45)26-32(44)41-18-15-28(16-19-41)42-20-14-27-10-6-8-12-30(27)38-35(42)46/h6-13,28,33H,14-26H2,1-5H3,(H,38,46)/t33-,37+/m0/s1. The number of benzene rings is 2. The van der Waals surface area contributed by atoms with Gasteiger partial charge in [-0.3, -0.25) is 9.59 Å². The van der Waals surface area contributed by atoms with Crippen molar-refractivity contribution >= 4 is 41.0 Å². The molecule has 0 unspecified atom stereocenters. The highest BCUT2D eigenvalue weighted by molar-refractivity contribution is 8.02. The highest BCUT2D eigenvalue weighted by atomic mass is 32.2. The zero-order valence-electron chi connectivity index (χ0n) is 28.8. The van der Waals surface area contributed by atoms with Gasteiger partial charge in [0.15, 0.2) is 0 Å². The van der Waals surface area contributed by atoms with Gasteiger partial charge in [-0.15, -0.1) is 11.8 Å². The summed E-state index contributed by atoms with van der Waals surface area (Å²) in [6.07, 6.45) is 3.37. The van der Waals surface area contributed by atoms with Crippen LogP contribution >= 0.6 is 11.8 Å². The van der Waals surface area contributed by atoms with Gasteiger partial charge in [0.1, 0.15) is 10.1 Å². The first-order valence-corrected chi connectivity index (χ1v) is 18.2. The Hall–Kier alpha value is -3.24. The zero-order valence-corrected chi connectivity index (χ0v) is 29.7. The number of likely N-dealkylation sites (N-methyl/N-ethyl adjacent to an activating group) is 1. The highest BCUT2D eigenvalue weighted by Crippen LogP contribution is 2.53. The number of hydrogen-bond donors (Lipinski definition) is 1. The third kappa shape index (κ3) is 7.43. The molecule has 4 aliphatic heterocycles. The Morgan fingerprint density at radius 2 is 1.62 bits per heavy atom. The molecule has 0 bridgehead atoms. The summed E-state index contributed by atoms with van der Waals surface area (Å²) < 4.78 is -0.845. The molecule has 9 nitrogen and oxygen atoms in total. The molecule has 4 amide bonds. The summed E-state index contributed by atoms with van der Waals surface area (Å²) in [5.41, 5.74) is 4.49. The van der Waals surface area contributed by atoms with Crippen LogP contribution in [0.1, 0.15) is 69.9 Å². The predicted octanol–water partition coefficient (Wildman–Crippen LogP) is 5.68. The van der Waals surface area contributed by atoms with E-state index in [1.54, 1.807) is 11.8 Å². The Morgan fingerprint density at radius 1 is 0.936 bits per heavy atom. The number of piperidine rings is 1. The second-order valence-corrected chi connectivity index (χ2v) is 16.8. The van der Waals surface area contributed by atoms with E-state index in [9.17, 15) is 14.4 Å². The van der Waals surface area contributed by atoms with Gasteiger partial charge >= 0.3 is 6.03 Å². The minimum atomic E-state index is -0.845.